The second-order valence-corrected chi connectivity index (χ2v) is 4.95. The number of amides is 1. The molecule has 0 fully saturated rings. The molecule has 0 aliphatic carbocycles. The fraction of sp³-hybridized carbons (Fsp3) is 0.375. The average Bonchev–Trinajstić information content (AvgIpc) is 3.02. The number of benzene rings is 1. The summed E-state index contributed by atoms with van der Waals surface area (Å²) < 4.78 is 37.2. The van der Waals surface area contributed by atoms with Crippen molar-refractivity contribution in [1.29, 1.82) is 0 Å². The smallest absolute Gasteiger partial charge is 0.319 e. The van der Waals surface area contributed by atoms with Crippen LogP contribution < -0.4 is 9.47 Å². The number of nitrogens with zero attached hydrogens (tertiary/aromatic N) is 3. The summed E-state index contributed by atoms with van der Waals surface area (Å²) in [6.07, 6.45) is 2.45. The first-order valence-corrected chi connectivity index (χ1v) is 7.41. The lowest BCUT2D eigenvalue weighted by Crippen LogP contribution is -2.32. The molecule has 6 nitrogen and oxygen atoms in total. The maximum atomic E-state index is 12.8. The van der Waals surface area contributed by atoms with Gasteiger partial charge in [-0.1, -0.05) is 12.1 Å². The Morgan fingerprint density at radius 2 is 1.96 bits per heavy atom. The van der Waals surface area contributed by atoms with E-state index in [1.54, 1.807) is 24.3 Å². The molecule has 0 aliphatic heterocycles. The molecule has 1 aromatic carbocycles. The summed E-state index contributed by atoms with van der Waals surface area (Å²) in [6, 6.07) is 7.01. The van der Waals surface area contributed by atoms with Gasteiger partial charge in [-0.15, -0.1) is 0 Å². The van der Waals surface area contributed by atoms with E-state index in [4.69, 9.17) is 9.47 Å². The molecule has 0 N–H and O–H groups in total. The normalized spacial score (nSPS) is 10.7. The van der Waals surface area contributed by atoms with Crippen LogP contribution in [0.15, 0.2) is 36.7 Å². The number of para-hydroxylation sites is 2. The van der Waals surface area contributed by atoms with Crippen molar-refractivity contribution < 1.29 is 23.0 Å². The first-order chi connectivity index (χ1) is 11.5. The van der Waals surface area contributed by atoms with E-state index in [0.29, 0.717) is 18.1 Å². The Hall–Kier alpha value is -2.64. The number of imidazole rings is 1. The highest BCUT2D eigenvalue weighted by atomic mass is 19.3. The number of carbonyl (C=O) groups excluding carboxylic acids is 1. The van der Waals surface area contributed by atoms with Crippen molar-refractivity contribution in [3.8, 4) is 11.5 Å². The number of ether oxygens (including phenoxy) is 2. The molecule has 24 heavy (non-hydrogen) atoms. The van der Waals surface area contributed by atoms with E-state index in [-0.39, 0.29) is 24.9 Å². The highest BCUT2D eigenvalue weighted by molar-refractivity contribution is 5.77. The van der Waals surface area contributed by atoms with Gasteiger partial charge in [0.15, 0.2) is 18.1 Å². The van der Waals surface area contributed by atoms with Crippen LogP contribution in [-0.2, 0) is 11.3 Å². The number of hydrogen-bond acceptors (Lipinski definition) is 4. The molecule has 1 amide bonds. The minimum atomic E-state index is -2.69. The van der Waals surface area contributed by atoms with Crippen LogP contribution in [0.1, 0.15) is 19.3 Å². The minimum Gasteiger partial charge on any atom is -0.490 e. The van der Waals surface area contributed by atoms with Gasteiger partial charge in [-0.05, 0) is 19.1 Å². The average molecular weight is 339 g/mol. The number of likely N-dealkylation sites (N-methyl/N-ethyl adjacent to an activating group) is 1. The lowest BCUT2D eigenvalue weighted by atomic mass is 10.3. The molecule has 0 aliphatic rings. The fourth-order valence-corrected chi connectivity index (χ4v) is 2.04. The Bertz CT molecular complexity index is 676. The third-order valence-electron chi connectivity index (χ3n) is 3.26. The monoisotopic (exact) mass is 339 g/mol. The molecule has 0 spiro atoms. The molecule has 8 heteroatoms. The van der Waals surface area contributed by atoms with E-state index in [1.165, 1.54) is 24.3 Å². The van der Waals surface area contributed by atoms with Crippen LogP contribution in [0.2, 0.25) is 0 Å². The van der Waals surface area contributed by atoms with E-state index >= 15 is 0 Å². The van der Waals surface area contributed by atoms with Gasteiger partial charge >= 0.3 is 6.55 Å². The number of hydrogen-bond donors (Lipinski definition) is 0. The van der Waals surface area contributed by atoms with Gasteiger partial charge in [0.25, 0.3) is 5.91 Å². The van der Waals surface area contributed by atoms with Gasteiger partial charge in [0.05, 0.1) is 13.2 Å². The molecule has 1 heterocycles. The van der Waals surface area contributed by atoms with Gasteiger partial charge in [0.2, 0.25) is 0 Å². The number of alkyl halides is 2. The Kier molecular flexibility index (Phi) is 6.11. The summed E-state index contributed by atoms with van der Waals surface area (Å²) in [5.41, 5.74) is 0. The summed E-state index contributed by atoms with van der Waals surface area (Å²) >= 11 is 0. The van der Waals surface area contributed by atoms with Crippen molar-refractivity contribution in [2.24, 2.45) is 0 Å². The first kappa shape index (κ1) is 17.7. The largest absolute Gasteiger partial charge is 0.490 e. The van der Waals surface area contributed by atoms with Crippen molar-refractivity contribution in [1.82, 2.24) is 14.5 Å². The van der Waals surface area contributed by atoms with Crippen molar-refractivity contribution in [3.05, 3.63) is 42.5 Å². The molecule has 0 bridgehead atoms. The summed E-state index contributed by atoms with van der Waals surface area (Å²) in [7, 11) is 1.50. The summed E-state index contributed by atoms with van der Waals surface area (Å²) in [5, 5.41) is 0. The van der Waals surface area contributed by atoms with Crippen LogP contribution in [0.5, 0.6) is 11.5 Å². The summed E-state index contributed by atoms with van der Waals surface area (Å²) in [5.74, 6) is 0.750. The van der Waals surface area contributed by atoms with Gasteiger partial charge in [-0.3, -0.25) is 9.36 Å². The van der Waals surface area contributed by atoms with Gasteiger partial charge in [-0.2, -0.15) is 8.78 Å². The van der Waals surface area contributed by atoms with E-state index < -0.39 is 6.55 Å². The molecule has 1 aromatic heterocycles. The topological polar surface area (TPSA) is 56.6 Å². The number of rotatable bonds is 8. The maximum Gasteiger partial charge on any atom is 0.319 e. The second kappa shape index (κ2) is 8.28. The van der Waals surface area contributed by atoms with E-state index in [9.17, 15) is 13.6 Å². The fourth-order valence-electron chi connectivity index (χ4n) is 2.04. The minimum absolute atomic E-state index is 0.0351. The highest BCUT2D eigenvalue weighted by Gasteiger charge is 2.17. The maximum absolute atomic E-state index is 12.8. The van der Waals surface area contributed by atoms with Crippen molar-refractivity contribution in [2.75, 3.05) is 20.3 Å². The Labute approximate surface area is 138 Å². The van der Waals surface area contributed by atoms with Gasteiger partial charge in [0, 0.05) is 19.4 Å². The number of aromatic nitrogens is 2. The summed E-state index contributed by atoms with van der Waals surface area (Å²) in [6.45, 7) is -0.631. The second-order valence-electron chi connectivity index (χ2n) is 4.95. The molecule has 0 atom stereocenters. The predicted molar refractivity (Wildman–Crippen MR) is 83.1 cm³/mol. The van der Waals surface area contributed by atoms with Crippen molar-refractivity contribution >= 4 is 5.91 Å². The van der Waals surface area contributed by atoms with Crippen LogP contribution >= 0.6 is 0 Å². The van der Waals surface area contributed by atoms with Crippen LogP contribution in [0.3, 0.4) is 0 Å². The van der Waals surface area contributed by atoms with Crippen molar-refractivity contribution in [3.63, 3.8) is 0 Å². The van der Waals surface area contributed by atoms with Crippen LogP contribution in [0.4, 0.5) is 8.78 Å². The Morgan fingerprint density at radius 3 is 2.58 bits per heavy atom. The van der Waals surface area contributed by atoms with Gasteiger partial charge < -0.3 is 14.4 Å². The van der Waals surface area contributed by atoms with E-state index in [2.05, 4.69) is 4.98 Å². The van der Waals surface area contributed by atoms with Crippen LogP contribution in [-0.4, -0.2) is 40.6 Å². The lowest BCUT2D eigenvalue weighted by molar-refractivity contribution is -0.132. The quantitative estimate of drug-likeness (QED) is 0.742. The number of carbonyl (C=O) groups is 1. The van der Waals surface area contributed by atoms with Gasteiger partial charge in [-0.25, -0.2) is 4.98 Å². The van der Waals surface area contributed by atoms with Crippen LogP contribution in [0, 0.1) is 0 Å². The molecule has 2 rings (SSSR count). The number of halogens is 2. The van der Waals surface area contributed by atoms with E-state index in [1.807, 2.05) is 6.92 Å². The molecule has 130 valence electrons. The lowest BCUT2D eigenvalue weighted by Gasteiger charge is -2.18. The third-order valence-corrected chi connectivity index (χ3v) is 3.26. The standard InChI is InChI=1S/C16H19F2N3O3/c1-3-23-12-6-4-5-7-13(12)24-11-15(22)20(2)10-14-19-8-9-21(14)16(17)18/h4-9,16H,3,10-11H2,1-2H3. The molecular formula is C16H19F2N3O3. The third kappa shape index (κ3) is 4.43. The SMILES string of the molecule is CCOc1ccccc1OCC(=O)N(C)Cc1nccn1C(F)F. The Morgan fingerprint density at radius 1 is 1.29 bits per heavy atom. The Balaban J connectivity index is 1.94. The molecule has 0 radical (unpaired) electrons. The van der Waals surface area contributed by atoms with Gasteiger partial charge in [0.1, 0.15) is 5.82 Å². The van der Waals surface area contributed by atoms with Crippen molar-refractivity contribution in [2.45, 2.75) is 20.0 Å². The highest BCUT2D eigenvalue weighted by Crippen LogP contribution is 2.26. The zero-order valence-corrected chi connectivity index (χ0v) is 13.5. The first-order valence-electron chi connectivity index (χ1n) is 7.41. The molecule has 2 aromatic rings. The molecule has 0 unspecified atom stereocenters. The summed E-state index contributed by atoms with van der Waals surface area (Å²) in [4.78, 5) is 17.3. The molecule has 0 saturated carbocycles. The predicted octanol–water partition coefficient (Wildman–Crippen LogP) is 2.71. The molecular weight excluding hydrogens is 320 g/mol. The van der Waals surface area contributed by atoms with Crippen LogP contribution in [0.25, 0.3) is 0 Å². The molecule has 0 saturated heterocycles. The zero-order valence-electron chi connectivity index (χ0n) is 13.5. The zero-order chi connectivity index (χ0) is 17.5. The van der Waals surface area contributed by atoms with E-state index in [0.717, 1.165) is 4.57 Å².